The molecule has 0 spiro atoms. The van der Waals surface area contributed by atoms with Crippen molar-refractivity contribution in [1.82, 2.24) is 9.55 Å². The third kappa shape index (κ3) is 1.14. The Morgan fingerprint density at radius 3 is 3.33 bits per heavy atom. The highest BCUT2D eigenvalue weighted by Gasteiger charge is 2.20. The highest BCUT2D eigenvalue weighted by atomic mass is 15.1. The lowest BCUT2D eigenvalue weighted by Crippen LogP contribution is -2.21. The van der Waals surface area contributed by atoms with Crippen molar-refractivity contribution in [3.8, 4) is 0 Å². The van der Waals surface area contributed by atoms with Gasteiger partial charge in [-0.25, -0.2) is 4.98 Å². The quantitative estimate of drug-likeness (QED) is 0.675. The molecule has 0 saturated carbocycles. The topological polar surface area (TPSA) is 43.8 Å². The molecule has 1 aliphatic heterocycles. The number of hydrogen-bond acceptors (Lipinski definition) is 2. The van der Waals surface area contributed by atoms with Crippen molar-refractivity contribution in [1.29, 1.82) is 0 Å². The number of aromatic nitrogens is 2. The molecule has 0 fully saturated rings. The van der Waals surface area contributed by atoms with Crippen LogP contribution in [-0.2, 0) is 6.54 Å². The number of nitrogens with two attached hydrogens (primary N) is 1. The van der Waals surface area contributed by atoms with E-state index >= 15 is 0 Å². The first-order valence-electron chi connectivity index (χ1n) is 4.55. The minimum atomic E-state index is 0.493. The highest BCUT2D eigenvalue weighted by molar-refractivity contribution is 5.09. The van der Waals surface area contributed by atoms with Crippen molar-refractivity contribution in [3.63, 3.8) is 0 Å². The zero-order valence-corrected chi connectivity index (χ0v) is 7.45. The summed E-state index contributed by atoms with van der Waals surface area (Å²) in [7, 11) is 0. The molecule has 0 radical (unpaired) electrons. The van der Waals surface area contributed by atoms with Crippen LogP contribution in [0.15, 0.2) is 6.20 Å². The second kappa shape index (κ2) is 2.90. The lowest BCUT2D eigenvalue weighted by molar-refractivity contribution is 0.448. The molecular formula is C9H15N3. The third-order valence-corrected chi connectivity index (χ3v) is 2.53. The Balaban J connectivity index is 2.36. The van der Waals surface area contributed by atoms with Gasteiger partial charge in [0.15, 0.2) is 0 Å². The molecule has 0 aromatic carbocycles. The first-order chi connectivity index (χ1) is 5.81. The van der Waals surface area contributed by atoms with E-state index in [2.05, 4.69) is 15.7 Å². The maximum atomic E-state index is 5.67. The van der Waals surface area contributed by atoms with E-state index in [1.54, 1.807) is 0 Å². The van der Waals surface area contributed by atoms with Gasteiger partial charge in [0.1, 0.15) is 5.82 Å². The molecule has 3 heteroatoms. The van der Waals surface area contributed by atoms with E-state index in [0.717, 1.165) is 18.8 Å². The second-order valence-electron chi connectivity index (χ2n) is 3.51. The summed E-state index contributed by atoms with van der Waals surface area (Å²) in [4.78, 5) is 4.49. The summed E-state index contributed by atoms with van der Waals surface area (Å²) < 4.78 is 2.25. The van der Waals surface area contributed by atoms with Crippen LogP contribution in [0.1, 0.15) is 30.3 Å². The van der Waals surface area contributed by atoms with Crippen molar-refractivity contribution in [2.45, 2.75) is 32.2 Å². The molecule has 1 aliphatic rings. The Morgan fingerprint density at radius 2 is 2.58 bits per heavy atom. The van der Waals surface area contributed by atoms with Crippen molar-refractivity contribution >= 4 is 0 Å². The summed E-state index contributed by atoms with van der Waals surface area (Å²) in [6, 6.07) is 0. The van der Waals surface area contributed by atoms with E-state index in [4.69, 9.17) is 5.73 Å². The van der Waals surface area contributed by atoms with Crippen LogP contribution >= 0.6 is 0 Å². The zero-order valence-electron chi connectivity index (χ0n) is 7.45. The number of fused-ring (bicyclic) bond motifs is 1. The number of imidazole rings is 1. The molecule has 12 heavy (non-hydrogen) atoms. The molecule has 2 N–H and O–H groups in total. The SMILES string of the molecule is Cc1cn2c(n1)[C@H](CN)CCC2. The fourth-order valence-electron chi connectivity index (χ4n) is 1.93. The van der Waals surface area contributed by atoms with Crippen LogP contribution < -0.4 is 5.73 Å². The normalized spacial score (nSPS) is 22.3. The van der Waals surface area contributed by atoms with E-state index in [1.807, 2.05) is 6.92 Å². The van der Waals surface area contributed by atoms with E-state index < -0.39 is 0 Å². The number of aryl methyl sites for hydroxylation is 2. The Labute approximate surface area is 72.6 Å². The fourth-order valence-corrected chi connectivity index (χ4v) is 1.93. The first-order valence-corrected chi connectivity index (χ1v) is 4.55. The highest BCUT2D eigenvalue weighted by Crippen LogP contribution is 2.25. The van der Waals surface area contributed by atoms with E-state index in [9.17, 15) is 0 Å². The maximum absolute atomic E-state index is 5.67. The van der Waals surface area contributed by atoms with Gasteiger partial charge in [-0.2, -0.15) is 0 Å². The molecule has 3 nitrogen and oxygen atoms in total. The van der Waals surface area contributed by atoms with Crippen LogP contribution in [-0.4, -0.2) is 16.1 Å². The van der Waals surface area contributed by atoms with Crippen molar-refractivity contribution in [3.05, 3.63) is 17.7 Å². The average molecular weight is 165 g/mol. The van der Waals surface area contributed by atoms with Gasteiger partial charge >= 0.3 is 0 Å². The van der Waals surface area contributed by atoms with Gasteiger partial charge < -0.3 is 10.3 Å². The van der Waals surface area contributed by atoms with Crippen LogP contribution in [0.2, 0.25) is 0 Å². The van der Waals surface area contributed by atoms with Crippen LogP contribution in [0.4, 0.5) is 0 Å². The lowest BCUT2D eigenvalue weighted by atomic mass is 9.99. The lowest BCUT2D eigenvalue weighted by Gasteiger charge is -2.21. The molecule has 2 rings (SSSR count). The Morgan fingerprint density at radius 1 is 1.75 bits per heavy atom. The summed E-state index contributed by atoms with van der Waals surface area (Å²) in [6.45, 7) is 3.89. The van der Waals surface area contributed by atoms with Crippen LogP contribution in [0.3, 0.4) is 0 Å². The second-order valence-corrected chi connectivity index (χ2v) is 3.51. The fraction of sp³-hybridized carbons (Fsp3) is 0.667. The molecule has 0 saturated heterocycles. The van der Waals surface area contributed by atoms with Gasteiger partial charge in [-0.15, -0.1) is 0 Å². The molecule has 0 aliphatic carbocycles. The number of nitrogens with zero attached hydrogens (tertiary/aromatic N) is 2. The molecule has 1 aromatic heterocycles. The molecule has 0 unspecified atom stereocenters. The summed E-state index contributed by atoms with van der Waals surface area (Å²) in [5.41, 5.74) is 6.79. The predicted octanol–water partition coefficient (Wildman–Crippen LogP) is 1.03. The van der Waals surface area contributed by atoms with E-state index in [1.165, 1.54) is 18.7 Å². The molecule has 66 valence electrons. The van der Waals surface area contributed by atoms with Gasteiger partial charge in [0, 0.05) is 25.2 Å². The van der Waals surface area contributed by atoms with Gasteiger partial charge in [-0.05, 0) is 19.8 Å². The third-order valence-electron chi connectivity index (χ3n) is 2.53. The zero-order chi connectivity index (χ0) is 8.55. The minimum absolute atomic E-state index is 0.493. The Hall–Kier alpha value is -0.830. The minimum Gasteiger partial charge on any atom is -0.334 e. The van der Waals surface area contributed by atoms with Gasteiger partial charge in [0.05, 0.1) is 5.69 Å². The number of hydrogen-bond donors (Lipinski definition) is 1. The average Bonchev–Trinajstić information content (AvgIpc) is 2.44. The predicted molar refractivity (Wildman–Crippen MR) is 48.0 cm³/mol. The van der Waals surface area contributed by atoms with E-state index in [0.29, 0.717) is 5.92 Å². The summed E-state index contributed by atoms with van der Waals surface area (Å²) in [5.74, 6) is 1.69. The van der Waals surface area contributed by atoms with Gasteiger partial charge in [-0.3, -0.25) is 0 Å². The van der Waals surface area contributed by atoms with Crippen molar-refractivity contribution in [2.75, 3.05) is 6.54 Å². The molecule has 0 bridgehead atoms. The Bertz CT molecular complexity index is 277. The van der Waals surface area contributed by atoms with Crippen LogP contribution in [0, 0.1) is 6.92 Å². The molecule has 1 aromatic rings. The van der Waals surface area contributed by atoms with Crippen LogP contribution in [0.5, 0.6) is 0 Å². The summed E-state index contributed by atoms with van der Waals surface area (Å²) in [6.07, 6.45) is 4.56. The monoisotopic (exact) mass is 165 g/mol. The molecule has 2 heterocycles. The maximum Gasteiger partial charge on any atom is 0.113 e. The molecule has 1 atom stereocenters. The largest absolute Gasteiger partial charge is 0.334 e. The smallest absolute Gasteiger partial charge is 0.113 e. The van der Waals surface area contributed by atoms with Gasteiger partial charge in [0.2, 0.25) is 0 Å². The summed E-state index contributed by atoms with van der Waals surface area (Å²) in [5, 5.41) is 0. The van der Waals surface area contributed by atoms with Crippen molar-refractivity contribution < 1.29 is 0 Å². The van der Waals surface area contributed by atoms with Gasteiger partial charge in [-0.1, -0.05) is 0 Å². The van der Waals surface area contributed by atoms with Crippen molar-refractivity contribution in [2.24, 2.45) is 5.73 Å². The van der Waals surface area contributed by atoms with Gasteiger partial charge in [0.25, 0.3) is 0 Å². The standard InChI is InChI=1S/C9H15N3/c1-7-6-12-4-2-3-8(5-10)9(12)11-7/h6,8H,2-5,10H2,1H3/t8-/m0/s1. The van der Waals surface area contributed by atoms with E-state index in [-0.39, 0.29) is 0 Å². The Kier molecular flexibility index (Phi) is 1.89. The number of rotatable bonds is 1. The summed E-state index contributed by atoms with van der Waals surface area (Å²) >= 11 is 0. The molecular weight excluding hydrogens is 150 g/mol. The molecule has 0 amide bonds. The first kappa shape index (κ1) is 7.80. The van der Waals surface area contributed by atoms with Crippen LogP contribution in [0.25, 0.3) is 0 Å².